The minimum Gasteiger partial charge on any atom is -0.335 e. The first-order valence-corrected chi connectivity index (χ1v) is 6.14. The molecule has 4 nitrogen and oxygen atoms in total. The molecule has 0 aliphatic heterocycles. The number of fused-ring (bicyclic) bond motifs is 1. The summed E-state index contributed by atoms with van der Waals surface area (Å²) >= 11 is 1.56. The molecule has 0 atom stereocenters. The van der Waals surface area contributed by atoms with Gasteiger partial charge in [-0.25, -0.2) is 9.66 Å². The summed E-state index contributed by atoms with van der Waals surface area (Å²) in [5, 5.41) is 0.671. The number of aryl methyl sites for hydroxylation is 3. The van der Waals surface area contributed by atoms with Crippen LogP contribution in [0.5, 0.6) is 0 Å². The standard InChI is InChI=1S/C11H15N3OS/c1-4-5-8-13-10-9(11(15)14(8)12)6(2)7(3)16-10/h4-5,12H2,1-3H3. The second-order valence-electron chi connectivity index (χ2n) is 3.92. The third-order valence-electron chi connectivity index (χ3n) is 2.78. The summed E-state index contributed by atoms with van der Waals surface area (Å²) in [5.41, 5.74) is 0.870. The normalized spacial score (nSPS) is 11.2. The van der Waals surface area contributed by atoms with Gasteiger partial charge in [-0.15, -0.1) is 11.3 Å². The topological polar surface area (TPSA) is 60.9 Å². The Balaban J connectivity index is 2.83. The zero-order valence-electron chi connectivity index (χ0n) is 9.70. The monoisotopic (exact) mass is 237 g/mol. The molecule has 2 N–H and O–H groups in total. The Kier molecular flexibility index (Phi) is 2.71. The molecule has 2 aromatic heterocycles. The van der Waals surface area contributed by atoms with Gasteiger partial charge < -0.3 is 5.84 Å². The first-order valence-electron chi connectivity index (χ1n) is 5.33. The molecular formula is C11H15N3OS. The fourth-order valence-electron chi connectivity index (χ4n) is 1.75. The number of nitrogen functional groups attached to an aromatic ring is 1. The Morgan fingerprint density at radius 2 is 2.12 bits per heavy atom. The first kappa shape index (κ1) is 11.1. The molecule has 5 heteroatoms. The molecule has 0 fully saturated rings. The summed E-state index contributed by atoms with van der Waals surface area (Å²) in [6.45, 7) is 5.99. The number of nitrogens with two attached hydrogens (primary N) is 1. The highest BCUT2D eigenvalue weighted by molar-refractivity contribution is 7.18. The fraction of sp³-hybridized carbons (Fsp3) is 0.455. The highest BCUT2D eigenvalue weighted by Gasteiger charge is 2.14. The van der Waals surface area contributed by atoms with Gasteiger partial charge in [0.1, 0.15) is 10.7 Å². The Bertz CT molecular complexity index is 597. The molecule has 2 heterocycles. The number of hydrogen-bond acceptors (Lipinski definition) is 4. The average Bonchev–Trinajstić information content (AvgIpc) is 2.51. The number of nitrogens with zero attached hydrogens (tertiary/aromatic N) is 2. The number of hydrogen-bond donors (Lipinski definition) is 1. The molecule has 0 unspecified atom stereocenters. The van der Waals surface area contributed by atoms with Crippen LogP contribution < -0.4 is 11.4 Å². The summed E-state index contributed by atoms with van der Waals surface area (Å²) in [4.78, 5) is 18.5. The molecule has 0 aliphatic carbocycles. The molecular weight excluding hydrogens is 222 g/mol. The summed E-state index contributed by atoms with van der Waals surface area (Å²) < 4.78 is 1.19. The maximum atomic E-state index is 12.1. The highest BCUT2D eigenvalue weighted by atomic mass is 32.1. The van der Waals surface area contributed by atoms with Crippen molar-refractivity contribution in [2.24, 2.45) is 0 Å². The van der Waals surface area contributed by atoms with Gasteiger partial charge in [0.05, 0.1) is 5.39 Å². The average molecular weight is 237 g/mol. The number of rotatable bonds is 2. The van der Waals surface area contributed by atoms with Gasteiger partial charge in [0, 0.05) is 11.3 Å². The molecule has 0 bridgehead atoms. The molecule has 0 aromatic carbocycles. The van der Waals surface area contributed by atoms with E-state index in [9.17, 15) is 4.79 Å². The molecule has 86 valence electrons. The van der Waals surface area contributed by atoms with Gasteiger partial charge in [0.15, 0.2) is 0 Å². The van der Waals surface area contributed by atoms with Gasteiger partial charge in [0.25, 0.3) is 5.56 Å². The maximum absolute atomic E-state index is 12.1. The lowest BCUT2D eigenvalue weighted by molar-refractivity contribution is 0.753. The molecule has 0 saturated carbocycles. The van der Waals surface area contributed by atoms with E-state index in [0.29, 0.717) is 11.2 Å². The molecule has 0 aliphatic rings. The third-order valence-corrected chi connectivity index (χ3v) is 3.88. The van der Waals surface area contributed by atoms with E-state index in [1.54, 1.807) is 11.3 Å². The van der Waals surface area contributed by atoms with E-state index in [4.69, 9.17) is 5.84 Å². The minimum absolute atomic E-state index is 0.129. The van der Waals surface area contributed by atoms with Crippen LogP contribution in [0.15, 0.2) is 4.79 Å². The smallest absolute Gasteiger partial charge is 0.280 e. The van der Waals surface area contributed by atoms with Crippen molar-refractivity contribution >= 4 is 21.6 Å². The largest absolute Gasteiger partial charge is 0.335 e. The molecule has 16 heavy (non-hydrogen) atoms. The SMILES string of the molecule is CCCc1nc2sc(C)c(C)c2c(=O)n1N. The van der Waals surface area contributed by atoms with Crippen molar-refractivity contribution in [1.29, 1.82) is 0 Å². The summed E-state index contributed by atoms with van der Waals surface area (Å²) in [5.74, 6) is 6.43. The van der Waals surface area contributed by atoms with E-state index < -0.39 is 0 Å². The van der Waals surface area contributed by atoms with Crippen molar-refractivity contribution in [3.05, 3.63) is 26.6 Å². The zero-order chi connectivity index (χ0) is 11.9. The predicted octanol–water partition coefficient (Wildman–Crippen LogP) is 1.74. The van der Waals surface area contributed by atoms with E-state index in [0.717, 1.165) is 28.1 Å². The van der Waals surface area contributed by atoms with Crippen LogP contribution in [-0.2, 0) is 6.42 Å². The van der Waals surface area contributed by atoms with Crippen LogP contribution in [0.2, 0.25) is 0 Å². The highest BCUT2D eigenvalue weighted by Crippen LogP contribution is 2.25. The Hall–Kier alpha value is -1.36. The van der Waals surface area contributed by atoms with Crippen molar-refractivity contribution < 1.29 is 0 Å². The van der Waals surface area contributed by atoms with Gasteiger partial charge in [-0.1, -0.05) is 6.92 Å². The molecule has 0 radical (unpaired) electrons. The van der Waals surface area contributed by atoms with Gasteiger partial charge in [-0.3, -0.25) is 4.79 Å². The Morgan fingerprint density at radius 3 is 2.75 bits per heavy atom. The number of aromatic nitrogens is 2. The van der Waals surface area contributed by atoms with E-state index in [1.165, 1.54) is 4.68 Å². The van der Waals surface area contributed by atoms with Crippen LogP contribution in [0.4, 0.5) is 0 Å². The maximum Gasteiger partial charge on any atom is 0.280 e. The molecule has 2 rings (SSSR count). The summed E-state index contributed by atoms with van der Waals surface area (Å²) in [7, 11) is 0. The van der Waals surface area contributed by atoms with Crippen LogP contribution in [0, 0.1) is 13.8 Å². The minimum atomic E-state index is -0.129. The fourth-order valence-corrected chi connectivity index (χ4v) is 2.79. The van der Waals surface area contributed by atoms with E-state index in [-0.39, 0.29) is 5.56 Å². The van der Waals surface area contributed by atoms with Crippen LogP contribution in [0.25, 0.3) is 10.2 Å². The number of thiophene rings is 1. The second kappa shape index (κ2) is 3.90. The van der Waals surface area contributed by atoms with Crippen molar-refractivity contribution in [3.8, 4) is 0 Å². The van der Waals surface area contributed by atoms with E-state index >= 15 is 0 Å². The Morgan fingerprint density at radius 1 is 1.44 bits per heavy atom. The third kappa shape index (κ3) is 1.51. The van der Waals surface area contributed by atoms with Gasteiger partial charge in [-0.05, 0) is 25.8 Å². The quantitative estimate of drug-likeness (QED) is 0.809. The zero-order valence-corrected chi connectivity index (χ0v) is 10.5. The molecule has 0 saturated heterocycles. The van der Waals surface area contributed by atoms with E-state index in [2.05, 4.69) is 4.98 Å². The first-order chi connectivity index (χ1) is 7.56. The van der Waals surface area contributed by atoms with Crippen molar-refractivity contribution in [2.45, 2.75) is 33.6 Å². The van der Waals surface area contributed by atoms with Crippen LogP contribution >= 0.6 is 11.3 Å². The molecule has 0 amide bonds. The second-order valence-corrected chi connectivity index (χ2v) is 5.12. The van der Waals surface area contributed by atoms with Crippen LogP contribution in [0.1, 0.15) is 29.6 Å². The Labute approximate surface area is 97.7 Å². The van der Waals surface area contributed by atoms with Gasteiger partial charge in [-0.2, -0.15) is 0 Å². The summed E-state index contributed by atoms with van der Waals surface area (Å²) in [6, 6.07) is 0. The lowest BCUT2D eigenvalue weighted by Gasteiger charge is -2.05. The van der Waals surface area contributed by atoms with Crippen LogP contribution in [0.3, 0.4) is 0 Å². The van der Waals surface area contributed by atoms with Gasteiger partial charge >= 0.3 is 0 Å². The van der Waals surface area contributed by atoms with E-state index in [1.807, 2.05) is 20.8 Å². The van der Waals surface area contributed by atoms with Crippen LogP contribution in [-0.4, -0.2) is 9.66 Å². The van der Waals surface area contributed by atoms with Crippen molar-refractivity contribution in [3.63, 3.8) is 0 Å². The lowest BCUT2D eigenvalue weighted by Crippen LogP contribution is -2.31. The molecule has 2 aromatic rings. The van der Waals surface area contributed by atoms with Gasteiger partial charge in [0.2, 0.25) is 0 Å². The lowest BCUT2D eigenvalue weighted by atomic mass is 10.2. The molecule has 0 spiro atoms. The van der Waals surface area contributed by atoms with Crippen molar-refractivity contribution in [1.82, 2.24) is 9.66 Å². The summed E-state index contributed by atoms with van der Waals surface area (Å²) in [6.07, 6.45) is 1.66. The predicted molar refractivity (Wildman–Crippen MR) is 67.5 cm³/mol. The van der Waals surface area contributed by atoms with Crippen molar-refractivity contribution in [2.75, 3.05) is 5.84 Å².